The van der Waals surface area contributed by atoms with Gasteiger partial charge in [-0.05, 0) is 28.1 Å². The van der Waals surface area contributed by atoms with E-state index in [-0.39, 0.29) is 16.8 Å². The second-order valence-corrected chi connectivity index (χ2v) is 5.89. The number of nitrogens with zero attached hydrogens (tertiary/aromatic N) is 2. The summed E-state index contributed by atoms with van der Waals surface area (Å²) in [6.45, 7) is 0. The number of benzene rings is 2. The van der Waals surface area contributed by atoms with Crippen LogP contribution in [-0.2, 0) is 0 Å². The number of hydrogen-bond donors (Lipinski definition) is 0. The molecule has 0 heterocycles. The molecule has 0 radical (unpaired) electrons. The fourth-order valence-corrected chi connectivity index (χ4v) is 2.74. The van der Waals surface area contributed by atoms with Gasteiger partial charge in [0.1, 0.15) is 23.1 Å². The van der Waals surface area contributed by atoms with Gasteiger partial charge in [0.15, 0.2) is 0 Å². The van der Waals surface area contributed by atoms with Crippen molar-refractivity contribution >= 4 is 33.5 Å². The average Bonchev–Trinajstić information content (AvgIpc) is 2.65. The molecule has 0 aromatic heterocycles. The summed E-state index contributed by atoms with van der Waals surface area (Å²) >= 11 is 3.34. The normalized spacial score (nSPS) is 10.8. The number of carbonyl (C=O) groups excluding carboxylic acids is 1. The number of ketones is 1. The Kier molecular flexibility index (Phi) is 6.09. The first-order chi connectivity index (χ1) is 12.4. The van der Waals surface area contributed by atoms with Gasteiger partial charge in [-0.3, -0.25) is 14.9 Å². The van der Waals surface area contributed by atoms with E-state index in [1.807, 2.05) is 6.07 Å². The van der Waals surface area contributed by atoms with E-state index in [2.05, 4.69) is 15.9 Å². The second kappa shape index (κ2) is 8.27. The molecule has 0 atom stereocenters. The summed E-state index contributed by atoms with van der Waals surface area (Å²) in [4.78, 5) is 22.8. The lowest BCUT2D eigenvalue weighted by Crippen LogP contribution is -2.03. The van der Waals surface area contributed by atoms with Crippen molar-refractivity contribution in [2.24, 2.45) is 0 Å². The van der Waals surface area contributed by atoms with Crippen LogP contribution >= 0.6 is 15.9 Å². The Morgan fingerprint density at radius 2 is 1.92 bits per heavy atom. The molecular formula is C18H13BrN2O5. The first-order valence-corrected chi connectivity index (χ1v) is 8.03. The van der Waals surface area contributed by atoms with Crippen LogP contribution in [-0.4, -0.2) is 24.9 Å². The standard InChI is InChI=1S/C18H13BrN2O5/c1-25-16-9-17(26-2)15(19)8-12(16)6-13(10-20)18(22)11-4-3-5-14(7-11)21(23)24/h3-9H,1-2H3/b13-6+. The third kappa shape index (κ3) is 4.07. The SMILES string of the molecule is COc1cc(OC)c(/C=C(\C#N)C(=O)c2cccc([N+](=O)[O-])c2)cc1Br. The highest BCUT2D eigenvalue weighted by Gasteiger charge is 2.17. The number of rotatable bonds is 6. The summed E-state index contributed by atoms with van der Waals surface area (Å²) in [6, 6.07) is 10.3. The van der Waals surface area contributed by atoms with Gasteiger partial charge in [0.05, 0.1) is 23.6 Å². The van der Waals surface area contributed by atoms with Crippen LogP contribution in [0, 0.1) is 21.4 Å². The van der Waals surface area contributed by atoms with Gasteiger partial charge in [0.25, 0.3) is 5.69 Å². The number of ether oxygens (including phenoxy) is 2. The molecule has 2 aromatic carbocycles. The molecule has 2 aromatic rings. The van der Waals surface area contributed by atoms with Crippen LogP contribution in [0.15, 0.2) is 46.4 Å². The lowest BCUT2D eigenvalue weighted by molar-refractivity contribution is -0.384. The molecule has 0 aliphatic carbocycles. The number of methoxy groups -OCH3 is 2. The first kappa shape index (κ1) is 19.1. The van der Waals surface area contributed by atoms with Crippen molar-refractivity contribution < 1.29 is 19.2 Å². The summed E-state index contributed by atoms with van der Waals surface area (Å²) in [7, 11) is 2.95. The van der Waals surface area contributed by atoms with E-state index in [1.165, 1.54) is 38.5 Å². The molecule has 0 saturated carbocycles. The van der Waals surface area contributed by atoms with Gasteiger partial charge in [0.2, 0.25) is 5.78 Å². The number of non-ortho nitro benzene ring substituents is 1. The third-order valence-corrected chi connectivity index (χ3v) is 4.11. The van der Waals surface area contributed by atoms with Crippen LogP contribution in [0.25, 0.3) is 6.08 Å². The first-order valence-electron chi connectivity index (χ1n) is 7.23. The van der Waals surface area contributed by atoms with Gasteiger partial charge in [-0.1, -0.05) is 12.1 Å². The van der Waals surface area contributed by atoms with Crippen LogP contribution in [0.3, 0.4) is 0 Å². The molecule has 0 spiro atoms. The smallest absolute Gasteiger partial charge is 0.270 e. The maximum absolute atomic E-state index is 12.6. The van der Waals surface area contributed by atoms with E-state index in [0.29, 0.717) is 21.5 Å². The minimum atomic E-state index is -0.620. The summed E-state index contributed by atoms with van der Waals surface area (Å²) in [5, 5.41) is 20.2. The number of halogens is 1. The van der Waals surface area contributed by atoms with E-state index < -0.39 is 10.7 Å². The molecule has 7 nitrogen and oxygen atoms in total. The van der Waals surface area contributed by atoms with Gasteiger partial charge < -0.3 is 9.47 Å². The van der Waals surface area contributed by atoms with Crippen molar-refractivity contribution in [3.8, 4) is 17.6 Å². The molecule has 8 heteroatoms. The highest BCUT2D eigenvalue weighted by molar-refractivity contribution is 9.10. The molecule has 0 amide bonds. The predicted molar refractivity (Wildman–Crippen MR) is 98.3 cm³/mol. The molecule has 0 bridgehead atoms. The van der Waals surface area contributed by atoms with Crippen LogP contribution in [0.5, 0.6) is 11.5 Å². The van der Waals surface area contributed by atoms with E-state index in [1.54, 1.807) is 12.1 Å². The zero-order valence-electron chi connectivity index (χ0n) is 13.9. The molecule has 0 fully saturated rings. The molecule has 132 valence electrons. The van der Waals surface area contributed by atoms with E-state index in [4.69, 9.17) is 9.47 Å². The third-order valence-electron chi connectivity index (χ3n) is 3.49. The molecular weight excluding hydrogens is 404 g/mol. The van der Waals surface area contributed by atoms with Crippen molar-refractivity contribution in [1.82, 2.24) is 0 Å². The fraction of sp³-hybridized carbons (Fsp3) is 0.111. The Hall–Kier alpha value is -3.18. The van der Waals surface area contributed by atoms with E-state index >= 15 is 0 Å². The molecule has 26 heavy (non-hydrogen) atoms. The number of nitriles is 1. The number of nitro benzene ring substituents is 1. The molecule has 0 aliphatic rings. The Labute approximate surface area is 157 Å². The van der Waals surface area contributed by atoms with Crippen molar-refractivity contribution in [2.75, 3.05) is 14.2 Å². The topological polar surface area (TPSA) is 102 Å². The number of carbonyl (C=O) groups is 1. The summed E-state index contributed by atoms with van der Waals surface area (Å²) in [6.07, 6.45) is 1.37. The average molecular weight is 417 g/mol. The van der Waals surface area contributed by atoms with Gasteiger partial charge in [0, 0.05) is 29.3 Å². The maximum Gasteiger partial charge on any atom is 0.270 e. The summed E-state index contributed by atoms with van der Waals surface area (Å²) in [5.74, 6) is 0.317. The van der Waals surface area contributed by atoms with Gasteiger partial charge >= 0.3 is 0 Å². The molecule has 0 N–H and O–H groups in total. The minimum absolute atomic E-state index is 0.0542. The van der Waals surface area contributed by atoms with Gasteiger partial charge in [-0.25, -0.2) is 0 Å². The monoisotopic (exact) mass is 416 g/mol. The quantitative estimate of drug-likeness (QED) is 0.230. The Morgan fingerprint density at radius 1 is 1.23 bits per heavy atom. The van der Waals surface area contributed by atoms with Crippen LogP contribution in [0.1, 0.15) is 15.9 Å². The Morgan fingerprint density at radius 3 is 2.50 bits per heavy atom. The second-order valence-electron chi connectivity index (χ2n) is 5.04. The number of Topliss-reactive ketones (excluding diaryl/α,β-unsaturated/α-hetero) is 1. The zero-order valence-corrected chi connectivity index (χ0v) is 15.4. The van der Waals surface area contributed by atoms with E-state index in [0.717, 1.165) is 6.07 Å². The summed E-state index contributed by atoms with van der Waals surface area (Å²) in [5.41, 5.74) is 0.132. The molecule has 0 aliphatic heterocycles. The highest BCUT2D eigenvalue weighted by atomic mass is 79.9. The van der Waals surface area contributed by atoms with Crippen molar-refractivity contribution in [3.05, 3.63) is 67.7 Å². The van der Waals surface area contributed by atoms with Crippen molar-refractivity contribution in [1.29, 1.82) is 5.26 Å². The lowest BCUT2D eigenvalue weighted by atomic mass is 10.0. The van der Waals surface area contributed by atoms with Gasteiger partial charge in [-0.2, -0.15) is 5.26 Å². The molecule has 0 saturated heterocycles. The van der Waals surface area contributed by atoms with Crippen LogP contribution < -0.4 is 9.47 Å². The minimum Gasteiger partial charge on any atom is -0.496 e. The predicted octanol–water partition coefficient (Wildman–Crippen LogP) is 4.16. The Bertz CT molecular complexity index is 947. The van der Waals surface area contributed by atoms with Crippen LogP contribution in [0.4, 0.5) is 5.69 Å². The van der Waals surface area contributed by atoms with Crippen molar-refractivity contribution in [3.63, 3.8) is 0 Å². The number of allylic oxidation sites excluding steroid dienone is 1. The molecule has 0 unspecified atom stereocenters. The number of nitro groups is 1. The summed E-state index contributed by atoms with van der Waals surface area (Å²) < 4.78 is 11.1. The molecule has 2 rings (SSSR count). The van der Waals surface area contributed by atoms with E-state index in [9.17, 15) is 20.2 Å². The van der Waals surface area contributed by atoms with Crippen LogP contribution in [0.2, 0.25) is 0 Å². The number of hydrogen-bond acceptors (Lipinski definition) is 6. The van der Waals surface area contributed by atoms with Crippen molar-refractivity contribution in [2.45, 2.75) is 0 Å². The Balaban J connectivity index is 2.50. The maximum atomic E-state index is 12.6. The lowest BCUT2D eigenvalue weighted by Gasteiger charge is -2.10. The highest BCUT2D eigenvalue weighted by Crippen LogP contribution is 2.34. The van der Waals surface area contributed by atoms with Gasteiger partial charge in [-0.15, -0.1) is 0 Å². The fourth-order valence-electron chi connectivity index (χ4n) is 2.22. The largest absolute Gasteiger partial charge is 0.496 e. The zero-order chi connectivity index (χ0) is 19.3.